The minimum atomic E-state index is 0.257. The van der Waals surface area contributed by atoms with Crippen LogP contribution in [0.4, 0.5) is 0 Å². The highest BCUT2D eigenvalue weighted by atomic mass is 16.3. The first kappa shape index (κ1) is 11.4. The Morgan fingerprint density at radius 2 is 2.38 bits per heavy atom. The van der Waals surface area contributed by atoms with E-state index in [1.54, 1.807) is 6.26 Å². The third kappa shape index (κ3) is 2.97. The van der Waals surface area contributed by atoms with E-state index in [9.17, 15) is 0 Å². The van der Waals surface area contributed by atoms with Crippen molar-refractivity contribution in [1.29, 1.82) is 0 Å². The first-order valence-electron chi connectivity index (χ1n) is 5.96. The molecule has 0 aromatic carbocycles. The van der Waals surface area contributed by atoms with Crippen LogP contribution in [-0.2, 0) is 6.54 Å². The van der Waals surface area contributed by atoms with Crippen LogP contribution in [0.25, 0.3) is 0 Å². The molecule has 1 aromatic heterocycles. The number of hydrogen-bond donors (Lipinski definition) is 1. The molecule has 1 aliphatic rings. The van der Waals surface area contributed by atoms with Gasteiger partial charge in [0.15, 0.2) is 0 Å². The molecule has 1 heterocycles. The largest absolute Gasteiger partial charge is 0.468 e. The van der Waals surface area contributed by atoms with Crippen LogP contribution >= 0.6 is 0 Å². The van der Waals surface area contributed by atoms with Crippen LogP contribution in [-0.4, -0.2) is 24.0 Å². The van der Waals surface area contributed by atoms with Gasteiger partial charge in [0.1, 0.15) is 5.76 Å². The topological polar surface area (TPSA) is 42.4 Å². The van der Waals surface area contributed by atoms with Crippen LogP contribution in [0.1, 0.15) is 19.1 Å². The molecule has 2 atom stereocenters. The lowest BCUT2D eigenvalue weighted by Crippen LogP contribution is -2.29. The lowest BCUT2D eigenvalue weighted by Gasteiger charge is -2.22. The van der Waals surface area contributed by atoms with Gasteiger partial charge in [-0.05, 0) is 31.0 Å². The summed E-state index contributed by atoms with van der Waals surface area (Å²) in [5, 5.41) is 0. The fraction of sp³-hybridized carbons (Fsp3) is 0.538. The smallest absolute Gasteiger partial charge is 0.117 e. The van der Waals surface area contributed by atoms with Crippen molar-refractivity contribution in [2.24, 2.45) is 11.7 Å². The van der Waals surface area contributed by atoms with Crippen LogP contribution in [0.3, 0.4) is 0 Å². The van der Waals surface area contributed by atoms with E-state index < -0.39 is 0 Å². The molecule has 0 fully saturated rings. The Morgan fingerprint density at radius 1 is 1.50 bits per heavy atom. The Morgan fingerprint density at radius 3 is 2.94 bits per heavy atom. The summed E-state index contributed by atoms with van der Waals surface area (Å²) in [6.45, 7) is 5.19. The van der Waals surface area contributed by atoms with Crippen molar-refractivity contribution >= 4 is 0 Å². The van der Waals surface area contributed by atoms with Gasteiger partial charge < -0.3 is 10.2 Å². The lowest BCUT2D eigenvalue weighted by atomic mass is 10.1. The highest BCUT2D eigenvalue weighted by Crippen LogP contribution is 2.18. The van der Waals surface area contributed by atoms with E-state index in [1.807, 2.05) is 12.1 Å². The highest BCUT2D eigenvalue weighted by Gasteiger charge is 2.18. The van der Waals surface area contributed by atoms with Gasteiger partial charge in [-0.1, -0.05) is 19.1 Å². The molecular formula is C13H20N2O. The second-order valence-corrected chi connectivity index (χ2v) is 4.45. The standard InChI is InChI=1S/C13H20N2O/c1-2-15(10-13-4-3-7-16-13)9-11-5-6-12(14)8-11/h3-7,11-12H,2,8-10,14H2,1H3. The Hall–Kier alpha value is -1.06. The molecule has 16 heavy (non-hydrogen) atoms. The van der Waals surface area contributed by atoms with Crippen LogP contribution in [0, 0.1) is 5.92 Å². The van der Waals surface area contributed by atoms with E-state index in [1.165, 1.54) is 0 Å². The number of rotatable bonds is 5. The maximum absolute atomic E-state index is 5.85. The number of nitrogens with zero attached hydrogens (tertiary/aromatic N) is 1. The summed E-state index contributed by atoms with van der Waals surface area (Å²) in [6, 6.07) is 4.22. The summed E-state index contributed by atoms with van der Waals surface area (Å²) >= 11 is 0. The number of hydrogen-bond acceptors (Lipinski definition) is 3. The van der Waals surface area contributed by atoms with Gasteiger partial charge in [-0.2, -0.15) is 0 Å². The van der Waals surface area contributed by atoms with E-state index >= 15 is 0 Å². The second-order valence-electron chi connectivity index (χ2n) is 4.45. The lowest BCUT2D eigenvalue weighted by molar-refractivity contribution is 0.230. The van der Waals surface area contributed by atoms with E-state index in [0.717, 1.165) is 31.8 Å². The molecule has 2 N–H and O–H groups in total. The van der Waals surface area contributed by atoms with Crippen molar-refractivity contribution in [3.8, 4) is 0 Å². The number of furan rings is 1. The zero-order valence-corrected chi connectivity index (χ0v) is 9.80. The van der Waals surface area contributed by atoms with Crippen molar-refractivity contribution in [2.75, 3.05) is 13.1 Å². The summed E-state index contributed by atoms with van der Waals surface area (Å²) < 4.78 is 5.37. The van der Waals surface area contributed by atoms with Crippen molar-refractivity contribution in [3.63, 3.8) is 0 Å². The summed E-state index contributed by atoms with van der Waals surface area (Å²) in [5.74, 6) is 1.64. The summed E-state index contributed by atoms with van der Waals surface area (Å²) in [4.78, 5) is 2.39. The van der Waals surface area contributed by atoms with Gasteiger partial charge in [0.05, 0.1) is 12.8 Å². The van der Waals surface area contributed by atoms with Crippen molar-refractivity contribution in [1.82, 2.24) is 4.90 Å². The Labute approximate surface area is 96.9 Å². The third-order valence-corrected chi connectivity index (χ3v) is 3.10. The van der Waals surface area contributed by atoms with Crippen molar-refractivity contribution in [2.45, 2.75) is 25.9 Å². The molecule has 0 amide bonds. The molecule has 0 bridgehead atoms. The van der Waals surface area contributed by atoms with Crippen LogP contribution in [0.2, 0.25) is 0 Å². The van der Waals surface area contributed by atoms with Gasteiger partial charge in [0.25, 0.3) is 0 Å². The Bertz CT molecular complexity index is 332. The quantitative estimate of drug-likeness (QED) is 0.772. The molecule has 1 aromatic rings. The molecule has 0 spiro atoms. The maximum atomic E-state index is 5.85. The second kappa shape index (κ2) is 5.32. The van der Waals surface area contributed by atoms with E-state index in [0.29, 0.717) is 5.92 Å². The molecule has 3 heteroatoms. The Kier molecular flexibility index (Phi) is 3.80. The fourth-order valence-electron chi connectivity index (χ4n) is 2.20. The summed E-state index contributed by atoms with van der Waals surface area (Å²) in [7, 11) is 0. The third-order valence-electron chi connectivity index (χ3n) is 3.10. The predicted octanol–water partition coefficient (Wildman–Crippen LogP) is 2.00. The average molecular weight is 220 g/mol. The zero-order chi connectivity index (χ0) is 11.4. The van der Waals surface area contributed by atoms with E-state index in [-0.39, 0.29) is 6.04 Å². The molecule has 2 rings (SSSR count). The zero-order valence-electron chi connectivity index (χ0n) is 9.80. The molecule has 1 aliphatic carbocycles. The SMILES string of the molecule is CCN(Cc1ccco1)CC1C=CC(N)C1. The van der Waals surface area contributed by atoms with Crippen molar-refractivity contribution < 1.29 is 4.42 Å². The van der Waals surface area contributed by atoms with Gasteiger partial charge in [-0.25, -0.2) is 0 Å². The monoisotopic (exact) mass is 220 g/mol. The van der Waals surface area contributed by atoms with Crippen LogP contribution in [0.15, 0.2) is 35.0 Å². The molecule has 88 valence electrons. The van der Waals surface area contributed by atoms with E-state index in [4.69, 9.17) is 10.2 Å². The highest BCUT2D eigenvalue weighted by molar-refractivity contribution is 5.05. The van der Waals surface area contributed by atoms with E-state index in [2.05, 4.69) is 24.0 Å². The van der Waals surface area contributed by atoms with Gasteiger partial charge in [0.2, 0.25) is 0 Å². The summed E-state index contributed by atoms with van der Waals surface area (Å²) in [5.41, 5.74) is 5.85. The maximum Gasteiger partial charge on any atom is 0.117 e. The Balaban J connectivity index is 1.84. The molecule has 0 saturated carbocycles. The molecule has 0 radical (unpaired) electrons. The molecule has 0 aliphatic heterocycles. The normalized spacial score (nSPS) is 24.4. The average Bonchev–Trinajstić information content (AvgIpc) is 2.89. The summed E-state index contributed by atoms with van der Waals surface area (Å²) in [6.07, 6.45) is 7.17. The van der Waals surface area contributed by atoms with Gasteiger partial charge in [-0.15, -0.1) is 0 Å². The number of nitrogens with two attached hydrogens (primary N) is 1. The van der Waals surface area contributed by atoms with Gasteiger partial charge >= 0.3 is 0 Å². The molecule has 3 nitrogen and oxygen atoms in total. The molecule has 2 unspecified atom stereocenters. The first-order valence-corrected chi connectivity index (χ1v) is 5.96. The van der Waals surface area contributed by atoms with Gasteiger partial charge in [0, 0.05) is 12.6 Å². The molecule has 0 saturated heterocycles. The van der Waals surface area contributed by atoms with Gasteiger partial charge in [-0.3, -0.25) is 4.90 Å². The van der Waals surface area contributed by atoms with Crippen molar-refractivity contribution in [3.05, 3.63) is 36.3 Å². The molecular weight excluding hydrogens is 200 g/mol. The predicted molar refractivity (Wildman–Crippen MR) is 64.9 cm³/mol. The first-order chi connectivity index (χ1) is 7.78. The minimum absolute atomic E-state index is 0.257. The van der Waals surface area contributed by atoms with Crippen LogP contribution < -0.4 is 5.73 Å². The van der Waals surface area contributed by atoms with Crippen LogP contribution in [0.5, 0.6) is 0 Å². The minimum Gasteiger partial charge on any atom is -0.468 e. The fourth-order valence-corrected chi connectivity index (χ4v) is 2.20.